The smallest absolute Gasteiger partial charge is 0.355 e. The third-order valence-corrected chi connectivity index (χ3v) is 3.02. The van der Waals surface area contributed by atoms with E-state index in [9.17, 15) is 4.79 Å². The summed E-state index contributed by atoms with van der Waals surface area (Å²) in [6.07, 6.45) is 0. The van der Waals surface area contributed by atoms with E-state index in [1.807, 2.05) is 0 Å². The van der Waals surface area contributed by atoms with Crippen LogP contribution in [-0.2, 0) is 0 Å². The van der Waals surface area contributed by atoms with Crippen molar-refractivity contribution in [2.75, 3.05) is 11.4 Å². The van der Waals surface area contributed by atoms with Crippen molar-refractivity contribution in [1.82, 2.24) is 4.98 Å². The quantitative estimate of drug-likeness (QED) is 0.862. The number of rotatable bonds is 5. The van der Waals surface area contributed by atoms with Gasteiger partial charge in [-0.3, -0.25) is 0 Å². The molecule has 0 saturated carbocycles. The van der Waals surface area contributed by atoms with Crippen LogP contribution < -0.4 is 4.90 Å². The summed E-state index contributed by atoms with van der Waals surface area (Å²) in [4.78, 5) is 17.0. The first kappa shape index (κ1) is 13.0. The lowest BCUT2D eigenvalue weighted by atomic mass is 10.2. The highest BCUT2D eigenvalue weighted by molar-refractivity contribution is 7.13. The van der Waals surface area contributed by atoms with Crippen LogP contribution >= 0.6 is 11.3 Å². The zero-order valence-corrected chi connectivity index (χ0v) is 10.9. The molecule has 16 heavy (non-hydrogen) atoms. The highest BCUT2D eigenvalue weighted by Crippen LogP contribution is 2.23. The average molecular weight is 242 g/mol. The van der Waals surface area contributed by atoms with Crippen LogP contribution in [0, 0.1) is 5.92 Å². The topological polar surface area (TPSA) is 53.4 Å². The minimum atomic E-state index is -0.962. The Hall–Kier alpha value is -1.10. The van der Waals surface area contributed by atoms with E-state index in [2.05, 4.69) is 37.6 Å². The molecule has 1 rings (SSSR count). The van der Waals surface area contributed by atoms with Crippen molar-refractivity contribution in [3.05, 3.63) is 11.1 Å². The van der Waals surface area contributed by atoms with Gasteiger partial charge in [0.1, 0.15) is 0 Å². The number of carboxylic acid groups (broad SMARTS) is 1. The predicted molar refractivity (Wildman–Crippen MR) is 66.4 cm³/mol. The van der Waals surface area contributed by atoms with Crippen molar-refractivity contribution in [2.45, 2.75) is 33.7 Å². The van der Waals surface area contributed by atoms with Crippen molar-refractivity contribution in [1.29, 1.82) is 0 Å². The molecule has 0 aromatic carbocycles. The maximum Gasteiger partial charge on any atom is 0.355 e. The average Bonchev–Trinajstić information content (AvgIpc) is 2.61. The van der Waals surface area contributed by atoms with E-state index in [4.69, 9.17) is 5.11 Å². The van der Waals surface area contributed by atoms with Gasteiger partial charge in [0.05, 0.1) is 0 Å². The molecule has 5 heteroatoms. The molecule has 0 unspecified atom stereocenters. The van der Waals surface area contributed by atoms with Gasteiger partial charge in [-0.15, -0.1) is 11.3 Å². The lowest BCUT2D eigenvalue weighted by Crippen LogP contribution is -2.34. The Balaban J connectivity index is 2.88. The molecule has 1 aromatic rings. The van der Waals surface area contributed by atoms with Gasteiger partial charge in [-0.05, 0) is 19.8 Å². The number of hydrogen-bond donors (Lipinski definition) is 1. The molecule has 1 heterocycles. The Morgan fingerprint density at radius 2 is 2.12 bits per heavy atom. The van der Waals surface area contributed by atoms with Crippen LogP contribution in [0.15, 0.2) is 5.38 Å². The van der Waals surface area contributed by atoms with Gasteiger partial charge in [0.15, 0.2) is 10.8 Å². The molecule has 0 spiro atoms. The third-order valence-electron chi connectivity index (χ3n) is 2.14. The first-order chi connectivity index (χ1) is 7.41. The third kappa shape index (κ3) is 3.20. The van der Waals surface area contributed by atoms with Crippen molar-refractivity contribution < 1.29 is 9.90 Å². The van der Waals surface area contributed by atoms with E-state index in [-0.39, 0.29) is 5.69 Å². The molecule has 90 valence electrons. The summed E-state index contributed by atoms with van der Waals surface area (Å²) in [5.41, 5.74) is 0.134. The summed E-state index contributed by atoms with van der Waals surface area (Å²) in [5.74, 6) is -0.435. The first-order valence-electron chi connectivity index (χ1n) is 5.37. The molecule has 1 aromatic heterocycles. The normalized spacial score (nSPS) is 11.1. The maximum absolute atomic E-state index is 10.8. The zero-order valence-electron chi connectivity index (χ0n) is 10.1. The SMILES string of the molecule is CC(C)CN(c1nc(C(=O)O)cs1)C(C)C. The minimum absolute atomic E-state index is 0.134. The molecule has 0 aliphatic rings. The Kier molecular flexibility index (Phi) is 4.29. The van der Waals surface area contributed by atoms with Gasteiger partial charge >= 0.3 is 5.97 Å². The van der Waals surface area contributed by atoms with E-state index in [1.165, 1.54) is 11.3 Å². The molecule has 0 radical (unpaired) electrons. The molecule has 0 saturated heterocycles. The number of anilines is 1. The van der Waals surface area contributed by atoms with E-state index in [0.717, 1.165) is 11.7 Å². The molecule has 0 aliphatic heterocycles. The van der Waals surface area contributed by atoms with Crippen LogP contribution in [0.25, 0.3) is 0 Å². The van der Waals surface area contributed by atoms with Gasteiger partial charge in [0.25, 0.3) is 0 Å². The molecule has 0 amide bonds. The Labute approximate surface area is 99.9 Å². The van der Waals surface area contributed by atoms with E-state index < -0.39 is 5.97 Å². The first-order valence-corrected chi connectivity index (χ1v) is 6.25. The van der Waals surface area contributed by atoms with E-state index in [1.54, 1.807) is 5.38 Å². The molecule has 1 N–H and O–H groups in total. The number of nitrogens with zero attached hydrogens (tertiary/aromatic N) is 2. The van der Waals surface area contributed by atoms with Crippen LogP contribution in [0.3, 0.4) is 0 Å². The van der Waals surface area contributed by atoms with Gasteiger partial charge in [-0.2, -0.15) is 0 Å². The second kappa shape index (κ2) is 5.30. The Bertz CT molecular complexity index is 361. The maximum atomic E-state index is 10.8. The molecule has 0 fully saturated rings. The number of aromatic nitrogens is 1. The molecule has 0 atom stereocenters. The minimum Gasteiger partial charge on any atom is -0.476 e. The zero-order chi connectivity index (χ0) is 12.3. The number of aromatic carboxylic acids is 1. The largest absolute Gasteiger partial charge is 0.476 e. The van der Waals surface area contributed by atoms with Crippen molar-refractivity contribution in [3.8, 4) is 0 Å². The van der Waals surface area contributed by atoms with Gasteiger partial charge in [0.2, 0.25) is 0 Å². The van der Waals surface area contributed by atoms with Crippen molar-refractivity contribution in [3.63, 3.8) is 0 Å². The summed E-state index contributed by atoms with van der Waals surface area (Å²) >= 11 is 1.39. The van der Waals surface area contributed by atoms with Crippen LogP contribution in [0.2, 0.25) is 0 Å². The standard InChI is InChI=1S/C11H18N2O2S/c1-7(2)5-13(8(3)4)11-12-9(6-16-11)10(14)15/h6-8H,5H2,1-4H3,(H,14,15). The fourth-order valence-electron chi connectivity index (χ4n) is 1.40. The summed E-state index contributed by atoms with van der Waals surface area (Å²) in [7, 11) is 0. The van der Waals surface area contributed by atoms with Gasteiger partial charge in [-0.25, -0.2) is 9.78 Å². The molecule has 4 nitrogen and oxygen atoms in total. The lowest BCUT2D eigenvalue weighted by Gasteiger charge is -2.27. The van der Waals surface area contributed by atoms with E-state index in [0.29, 0.717) is 12.0 Å². The number of hydrogen-bond acceptors (Lipinski definition) is 4. The van der Waals surface area contributed by atoms with Gasteiger partial charge < -0.3 is 10.0 Å². The van der Waals surface area contributed by atoms with Gasteiger partial charge in [-0.1, -0.05) is 13.8 Å². The predicted octanol–water partition coefficient (Wildman–Crippen LogP) is 2.71. The highest BCUT2D eigenvalue weighted by Gasteiger charge is 2.17. The molecular formula is C11H18N2O2S. The second-order valence-electron chi connectivity index (χ2n) is 4.46. The van der Waals surface area contributed by atoms with Crippen LogP contribution in [0.5, 0.6) is 0 Å². The van der Waals surface area contributed by atoms with Crippen molar-refractivity contribution >= 4 is 22.4 Å². The number of carbonyl (C=O) groups is 1. The second-order valence-corrected chi connectivity index (χ2v) is 5.30. The fraction of sp³-hybridized carbons (Fsp3) is 0.636. The summed E-state index contributed by atoms with van der Waals surface area (Å²) in [5, 5.41) is 11.2. The molecular weight excluding hydrogens is 224 g/mol. The van der Waals surface area contributed by atoms with Crippen LogP contribution in [0.1, 0.15) is 38.2 Å². The Morgan fingerprint density at radius 1 is 1.50 bits per heavy atom. The summed E-state index contributed by atoms with van der Waals surface area (Å²) < 4.78 is 0. The summed E-state index contributed by atoms with van der Waals surface area (Å²) in [6, 6.07) is 0.329. The molecule has 0 bridgehead atoms. The number of carboxylic acids is 1. The fourth-order valence-corrected chi connectivity index (χ4v) is 2.34. The van der Waals surface area contributed by atoms with Crippen molar-refractivity contribution in [2.24, 2.45) is 5.92 Å². The highest BCUT2D eigenvalue weighted by atomic mass is 32.1. The van der Waals surface area contributed by atoms with Crippen LogP contribution in [0.4, 0.5) is 5.13 Å². The number of thiazole rings is 1. The Morgan fingerprint density at radius 3 is 2.50 bits per heavy atom. The monoisotopic (exact) mass is 242 g/mol. The molecule has 0 aliphatic carbocycles. The lowest BCUT2D eigenvalue weighted by molar-refractivity contribution is 0.0691. The van der Waals surface area contributed by atoms with E-state index >= 15 is 0 Å². The van der Waals surface area contributed by atoms with Crippen LogP contribution in [-0.4, -0.2) is 28.6 Å². The summed E-state index contributed by atoms with van der Waals surface area (Å²) in [6.45, 7) is 9.35. The van der Waals surface area contributed by atoms with Gasteiger partial charge in [0, 0.05) is 18.0 Å².